The van der Waals surface area contributed by atoms with Crippen molar-refractivity contribution >= 4 is 0 Å². The Balaban J connectivity index is 1.57. The second-order valence-electron chi connectivity index (χ2n) is 5.75. The lowest BCUT2D eigenvalue weighted by Crippen LogP contribution is -2.39. The predicted octanol–water partition coefficient (Wildman–Crippen LogP) is 1.57. The van der Waals surface area contributed by atoms with Gasteiger partial charge in [-0.05, 0) is 70.7 Å². The monoisotopic (exact) mass is 240 g/mol. The summed E-state index contributed by atoms with van der Waals surface area (Å²) in [6, 6.07) is 0. The molecule has 1 N–H and O–H groups in total. The first-order chi connectivity index (χ1) is 8.38. The average molecular weight is 240 g/mol. The van der Waals surface area contributed by atoms with Gasteiger partial charge in [-0.1, -0.05) is 6.42 Å². The van der Waals surface area contributed by atoms with Crippen molar-refractivity contribution in [2.24, 2.45) is 5.92 Å². The van der Waals surface area contributed by atoms with Gasteiger partial charge in [-0.15, -0.1) is 0 Å². The highest BCUT2D eigenvalue weighted by Gasteiger charge is 2.18. The molecule has 0 aromatic heterocycles. The summed E-state index contributed by atoms with van der Waals surface area (Å²) in [7, 11) is 0. The summed E-state index contributed by atoms with van der Waals surface area (Å²) >= 11 is 0. The minimum atomic E-state index is 0.378. The smallest absolute Gasteiger partial charge is 0.0471 e. The summed E-state index contributed by atoms with van der Waals surface area (Å²) < 4.78 is 0. The van der Waals surface area contributed by atoms with E-state index in [4.69, 9.17) is 0 Å². The SMILES string of the molecule is OCC1CCCN(CCCN2CCCCC2)C1. The Hall–Kier alpha value is -0.120. The molecule has 2 aliphatic heterocycles. The molecule has 2 saturated heterocycles. The fourth-order valence-electron chi connectivity index (χ4n) is 3.20. The Morgan fingerprint density at radius 3 is 2.35 bits per heavy atom. The number of nitrogens with zero attached hydrogens (tertiary/aromatic N) is 2. The van der Waals surface area contributed by atoms with Crippen molar-refractivity contribution in [2.45, 2.75) is 38.5 Å². The molecule has 1 atom stereocenters. The highest BCUT2D eigenvalue weighted by atomic mass is 16.3. The lowest BCUT2D eigenvalue weighted by atomic mass is 9.99. The second-order valence-corrected chi connectivity index (χ2v) is 5.75. The third-order valence-electron chi connectivity index (χ3n) is 4.26. The van der Waals surface area contributed by atoms with Crippen LogP contribution in [0.25, 0.3) is 0 Å². The third kappa shape index (κ3) is 4.57. The van der Waals surface area contributed by atoms with E-state index in [-0.39, 0.29) is 0 Å². The fraction of sp³-hybridized carbons (Fsp3) is 1.00. The molecule has 2 rings (SSSR count). The van der Waals surface area contributed by atoms with Crippen LogP contribution in [0.3, 0.4) is 0 Å². The number of aliphatic hydroxyl groups excluding tert-OH is 1. The van der Waals surface area contributed by atoms with Crippen LogP contribution in [0.5, 0.6) is 0 Å². The molecule has 0 aromatic rings. The van der Waals surface area contributed by atoms with Crippen LogP contribution in [0.4, 0.5) is 0 Å². The summed E-state index contributed by atoms with van der Waals surface area (Å²) in [5, 5.41) is 9.20. The van der Waals surface area contributed by atoms with Crippen LogP contribution >= 0.6 is 0 Å². The Labute approximate surface area is 106 Å². The van der Waals surface area contributed by atoms with Gasteiger partial charge >= 0.3 is 0 Å². The van der Waals surface area contributed by atoms with Gasteiger partial charge in [0.2, 0.25) is 0 Å². The van der Waals surface area contributed by atoms with Gasteiger partial charge < -0.3 is 14.9 Å². The highest BCUT2D eigenvalue weighted by Crippen LogP contribution is 2.16. The zero-order chi connectivity index (χ0) is 11.9. The van der Waals surface area contributed by atoms with Crippen LogP contribution in [0.2, 0.25) is 0 Å². The van der Waals surface area contributed by atoms with Gasteiger partial charge in [0.25, 0.3) is 0 Å². The molecular weight excluding hydrogens is 212 g/mol. The van der Waals surface area contributed by atoms with Gasteiger partial charge in [0.15, 0.2) is 0 Å². The Morgan fingerprint density at radius 2 is 1.59 bits per heavy atom. The van der Waals surface area contributed by atoms with E-state index in [2.05, 4.69) is 9.80 Å². The topological polar surface area (TPSA) is 26.7 Å². The molecule has 1 unspecified atom stereocenters. The largest absolute Gasteiger partial charge is 0.396 e. The van der Waals surface area contributed by atoms with Crippen LogP contribution in [0.15, 0.2) is 0 Å². The van der Waals surface area contributed by atoms with Crippen LogP contribution in [-0.4, -0.2) is 60.8 Å². The lowest BCUT2D eigenvalue weighted by Gasteiger charge is -2.33. The average Bonchev–Trinajstić information content (AvgIpc) is 2.40. The summed E-state index contributed by atoms with van der Waals surface area (Å²) in [5.41, 5.74) is 0. The summed E-state index contributed by atoms with van der Waals surface area (Å²) in [6.07, 6.45) is 8.03. The maximum atomic E-state index is 9.20. The van der Waals surface area contributed by atoms with E-state index < -0.39 is 0 Å². The quantitative estimate of drug-likeness (QED) is 0.790. The van der Waals surface area contributed by atoms with Gasteiger partial charge in [0.1, 0.15) is 0 Å². The van der Waals surface area contributed by atoms with E-state index in [1.165, 1.54) is 71.2 Å². The number of hydrogen-bond donors (Lipinski definition) is 1. The Bertz CT molecular complexity index is 204. The highest BCUT2D eigenvalue weighted by molar-refractivity contribution is 4.73. The van der Waals surface area contributed by atoms with E-state index in [0.29, 0.717) is 12.5 Å². The first kappa shape index (κ1) is 13.3. The molecule has 17 heavy (non-hydrogen) atoms. The van der Waals surface area contributed by atoms with Crippen molar-refractivity contribution < 1.29 is 5.11 Å². The maximum absolute atomic E-state index is 9.20. The van der Waals surface area contributed by atoms with Crippen molar-refractivity contribution in [3.63, 3.8) is 0 Å². The molecule has 3 nitrogen and oxygen atoms in total. The summed E-state index contributed by atoms with van der Waals surface area (Å²) in [5.74, 6) is 0.540. The van der Waals surface area contributed by atoms with Crippen LogP contribution < -0.4 is 0 Å². The zero-order valence-electron chi connectivity index (χ0n) is 11.1. The van der Waals surface area contributed by atoms with E-state index in [1.807, 2.05) is 0 Å². The van der Waals surface area contributed by atoms with Crippen LogP contribution in [0.1, 0.15) is 38.5 Å². The molecule has 0 amide bonds. The van der Waals surface area contributed by atoms with E-state index in [9.17, 15) is 5.11 Å². The first-order valence-corrected chi connectivity index (χ1v) is 7.44. The number of piperidine rings is 2. The molecule has 0 saturated carbocycles. The molecule has 2 fully saturated rings. The molecule has 2 aliphatic rings. The number of likely N-dealkylation sites (tertiary alicyclic amines) is 2. The fourth-order valence-corrected chi connectivity index (χ4v) is 3.20. The molecule has 0 bridgehead atoms. The molecular formula is C14H28N2O. The third-order valence-corrected chi connectivity index (χ3v) is 4.26. The number of aliphatic hydroxyl groups is 1. The van der Waals surface area contributed by atoms with E-state index in [0.717, 1.165) is 6.54 Å². The predicted molar refractivity (Wildman–Crippen MR) is 71.2 cm³/mol. The maximum Gasteiger partial charge on any atom is 0.0471 e. The van der Waals surface area contributed by atoms with Gasteiger partial charge in [0.05, 0.1) is 0 Å². The number of hydrogen-bond acceptors (Lipinski definition) is 3. The second kappa shape index (κ2) is 7.34. The molecule has 0 aliphatic carbocycles. The van der Waals surface area contributed by atoms with Crippen LogP contribution in [0, 0.1) is 5.92 Å². The molecule has 100 valence electrons. The van der Waals surface area contributed by atoms with Gasteiger partial charge in [-0.25, -0.2) is 0 Å². The summed E-state index contributed by atoms with van der Waals surface area (Å²) in [6.45, 7) is 7.89. The Morgan fingerprint density at radius 1 is 0.882 bits per heavy atom. The standard InChI is InChI=1S/C14H28N2O/c17-13-14-6-4-9-16(12-14)11-5-10-15-7-2-1-3-8-15/h14,17H,1-13H2. The molecule has 0 aromatic carbocycles. The minimum Gasteiger partial charge on any atom is -0.396 e. The van der Waals surface area contributed by atoms with Gasteiger partial charge in [0, 0.05) is 13.2 Å². The minimum absolute atomic E-state index is 0.378. The Kier molecular flexibility index (Phi) is 5.75. The molecule has 3 heteroatoms. The van der Waals surface area contributed by atoms with Crippen molar-refractivity contribution in [3.05, 3.63) is 0 Å². The van der Waals surface area contributed by atoms with E-state index in [1.54, 1.807) is 0 Å². The van der Waals surface area contributed by atoms with Crippen molar-refractivity contribution in [1.82, 2.24) is 9.80 Å². The first-order valence-electron chi connectivity index (χ1n) is 7.44. The summed E-state index contributed by atoms with van der Waals surface area (Å²) in [4.78, 5) is 5.17. The normalized spacial score (nSPS) is 28.4. The van der Waals surface area contributed by atoms with Gasteiger partial charge in [-0.3, -0.25) is 0 Å². The lowest BCUT2D eigenvalue weighted by molar-refractivity contribution is 0.114. The van der Waals surface area contributed by atoms with E-state index >= 15 is 0 Å². The zero-order valence-corrected chi connectivity index (χ0v) is 11.1. The molecule has 0 radical (unpaired) electrons. The molecule has 0 spiro atoms. The van der Waals surface area contributed by atoms with Crippen LogP contribution in [-0.2, 0) is 0 Å². The number of rotatable bonds is 5. The van der Waals surface area contributed by atoms with Gasteiger partial charge in [-0.2, -0.15) is 0 Å². The van der Waals surface area contributed by atoms with Crippen molar-refractivity contribution in [3.8, 4) is 0 Å². The van der Waals surface area contributed by atoms with Crippen molar-refractivity contribution in [2.75, 3.05) is 45.9 Å². The molecule has 2 heterocycles. The van der Waals surface area contributed by atoms with Crippen molar-refractivity contribution in [1.29, 1.82) is 0 Å².